The second-order valence-corrected chi connectivity index (χ2v) is 6.23. The number of likely N-dealkylation sites (N-methyl/N-ethyl adjacent to an activating group) is 1. The van der Waals surface area contributed by atoms with E-state index in [1.165, 1.54) is 18.2 Å². The molecule has 128 valence electrons. The number of halogens is 2. The van der Waals surface area contributed by atoms with Crippen molar-refractivity contribution in [3.8, 4) is 11.5 Å². The zero-order valence-electron chi connectivity index (χ0n) is 13.8. The molecule has 1 atom stereocenters. The first-order chi connectivity index (χ1) is 11.4. The van der Waals surface area contributed by atoms with Gasteiger partial charge in [-0.1, -0.05) is 12.1 Å². The number of ether oxygens (including phenoxy) is 2. The maximum absolute atomic E-state index is 13.1. The van der Waals surface area contributed by atoms with Gasteiger partial charge in [0.15, 0.2) is 6.10 Å². The largest absolute Gasteiger partial charge is 0.497 e. The first-order valence-corrected chi connectivity index (χ1v) is 8.19. The molecule has 0 bridgehead atoms. The van der Waals surface area contributed by atoms with Crippen LogP contribution in [0.1, 0.15) is 12.5 Å². The van der Waals surface area contributed by atoms with Crippen molar-refractivity contribution in [3.63, 3.8) is 0 Å². The SMILES string of the molecule is COc1ccc(CN(C)C(=O)C(C)Oc2ccc(F)cc2Br)cc1. The van der Waals surface area contributed by atoms with Crippen molar-refractivity contribution in [2.24, 2.45) is 0 Å². The number of amides is 1. The van der Waals surface area contributed by atoms with Crippen LogP contribution in [0, 0.1) is 5.82 Å². The Hall–Kier alpha value is -2.08. The summed E-state index contributed by atoms with van der Waals surface area (Å²) < 4.78 is 24.3. The van der Waals surface area contributed by atoms with Gasteiger partial charge in [-0.25, -0.2) is 4.39 Å². The third kappa shape index (κ3) is 4.71. The lowest BCUT2D eigenvalue weighted by Gasteiger charge is -2.22. The minimum atomic E-state index is -0.685. The number of benzene rings is 2. The molecular formula is C18H19BrFNO3. The molecule has 0 aliphatic carbocycles. The molecule has 2 rings (SSSR count). The van der Waals surface area contributed by atoms with Crippen LogP contribution in [0.15, 0.2) is 46.9 Å². The molecule has 4 nitrogen and oxygen atoms in total. The first kappa shape index (κ1) is 18.3. The molecule has 0 aliphatic rings. The summed E-state index contributed by atoms with van der Waals surface area (Å²) >= 11 is 3.23. The summed E-state index contributed by atoms with van der Waals surface area (Å²) in [6.07, 6.45) is -0.685. The van der Waals surface area contributed by atoms with Gasteiger partial charge in [-0.05, 0) is 58.7 Å². The highest BCUT2D eigenvalue weighted by Crippen LogP contribution is 2.26. The maximum Gasteiger partial charge on any atom is 0.263 e. The standard InChI is InChI=1S/C18H19BrFNO3/c1-12(24-17-9-6-14(20)10-16(17)19)18(22)21(2)11-13-4-7-15(23-3)8-5-13/h4-10,12H,11H2,1-3H3. The fourth-order valence-electron chi connectivity index (χ4n) is 2.20. The van der Waals surface area contributed by atoms with Crippen LogP contribution in [0.2, 0.25) is 0 Å². The van der Waals surface area contributed by atoms with Gasteiger partial charge in [0.25, 0.3) is 5.91 Å². The zero-order chi connectivity index (χ0) is 17.7. The summed E-state index contributed by atoms with van der Waals surface area (Å²) in [7, 11) is 3.32. The lowest BCUT2D eigenvalue weighted by Crippen LogP contribution is -2.37. The number of rotatable bonds is 6. The molecule has 1 amide bonds. The molecule has 6 heteroatoms. The Kier molecular flexibility index (Phi) is 6.20. The predicted molar refractivity (Wildman–Crippen MR) is 93.7 cm³/mol. The van der Waals surface area contributed by atoms with Gasteiger partial charge in [-0.3, -0.25) is 4.79 Å². The molecule has 0 saturated heterocycles. The maximum atomic E-state index is 13.1. The van der Waals surface area contributed by atoms with E-state index in [0.717, 1.165) is 11.3 Å². The zero-order valence-corrected chi connectivity index (χ0v) is 15.3. The van der Waals surface area contributed by atoms with E-state index in [4.69, 9.17) is 9.47 Å². The number of carbonyl (C=O) groups excluding carboxylic acids is 1. The Balaban J connectivity index is 1.98. The summed E-state index contributed by atoms with van der Waals surface area (Å²) in [5.41, 5.74) is 0.988. The number of nitrogens with zero attached hydrogens (tertiary/aromatic N) is 1. The van der Waals surface area contributed by atoms with Gasteiger partial charge in [0.1, 0.15) is 17.3 Å². The van der Waals surface area contributed by atoms with Crippen molar-refractivity contribution >= 4 is 21.8 Å². The van der Waals surface area contributed by atoms with E-state index in [1.807, 2.05) is 24.3 Å². The minimum absolute atomic E-state index is 0.165. The van der Waals surface area contributed by atoms with Crippen molar-refractivity contribution in [1.29, 1.82) is 0 Å². The smallest absolute Gasteiger partial charge is 0.263 e. The van der Waals surface area contributed by atoms with E-state index >= 15 is 0 Å². The third-order valence-corrected chi connectivity index (χ3v) is 4.12. The molecule has 2 aromatic carbocycles. The summed E-state index contributed by atoms with van der Waals surface area (Å²) in [6, 6.07) is 11.6. The van der Waals surface area contributed by atoms with Crippen molar-refractivity contribution in [2.45, 2.75) is 19.6 Å². The third-order valence-electron chi connectivity index (χ3n) is 3.50. The van der Waals surface area contributed by atoms with Gasteiger partial charge in [0, 0.05) is 13.6 Å². The summed E-state index contributed by atoms with van der Waals surface area (Å²) in [6.45, 7) is 2.13. The number of methoxy groups -OCH3 is 1. The summed E-state index contributed by atoms with van der Waals surface area (Å²) in [5.74, 6) is 0.660. The molecule has 0 fully saturated rings. The Bertz CT molecular complexity index is 706. The number of hydrogen-bond donors (Lipinski definition) is 0. The molecule has 24 heavy (non-hydrogen) atoms. The van der Waals surface area contributed by atoms with Crippen molar-refractivity contribution in [1.82, 2.24) is 4.90 Å². The van der Waals surface area contributed by atoms with Gasteiger partial charge in [0.05, 0.1) is 11.6 Å². The van der Waals surface area contributed by atoms with E-state index < -0.39 is 6.10 Å². The van der Waals surface area contributed by atoms with Gasteiger partial charge in [-0.2, -0.15) is 0 Å². The van der Waals surface area contributed by atoms with Crippen LogP contribution in [-0.4, -0.2) is 31.1 Å². The molecule has 0 aromatic heterocycles. The molecule has 0 spiro atoms. The molecule has 2 aromatic rings. The summed E-state index contributed by atoms with van der Waals surface area (Å²) in [4.78, 5) is 14.0. The van der Waals surface area contributed by atoms with Crippen LogP contribution in [-0.2, 0) is 11.3 Å². The second kappa shape index (κ2) is 8.15. The Labute approximate surface area is 149 Å². The van der Waals surface area contributed by atoms with Gasteiger partial charge in [0.2, 0.25) is 0 Å². The molecule has 0 N–H and O–H groups in total. The normalized spacial score (nSPS) is 11.7. The highest BCUT2D eigenvalue weighted by molar-refractivity contribution is 9.10. The van der Waals surface area contributed by atoms with Crippen LogP contribution >= 0.6 is 15.9 Å². The number of carbonyl (C=O) groups is 1. The van der Waals surface area contributed by atoms with E-state index in [1.54, 1.807) is 26.0 Å². The number of hydrogen-bond acceptors (Lipinski definition) is 3. The lowest BCUT2D eigenvalue weighted by molar-refractivity contribution is -0.137. The molecule has 0 aliphatic heterocycles. The topological polar surface area (TPSA) is 38.8 Å². The van der Waals surface area contributed by atoms with Crippen LogP contribution in [0.3, 0.4) is 0 Å². The lowest BCUT2D eigenvalue weighted by atomic mass is 10.2. The highest BCUT2D eigenvalue weighted by atomic mass is 79.9. The highest BCUT2D eigenvalue weighted by Gasteiger charge is 2.20. The monoisotopic (exact) mass is 395 g/mol. The fourth-order valence-corrected chi connectivity index (χ4v) is 2.65. The average Bonchev–Trinajstić information content (AvgIpc) is 2.57. The quantitative estimate of drug-likeness (QED) is 0.741. The van der Waals surface area contributed by atoms with Crippen LogP contribution in [0.5, 0.6) is 11.5 Å². The van der Waals surface area contributed by atoms with Crippen LogP contribution < -0.4 is 9.47 Å². The van der Waals surface area contributed by atoms with Gasteiger partial charge < -0.3 is 14.4 Å². The first-order valence-electron chi connectivity index (χ1n) is 7.40. The van der Waals surface area contributed by atoms with E-state index in [-0.39, 0.29) is 11.7 Å². The van der Waals surface area contributed by atoms with Crippen LogP contribution in [0.4, 0.5) is 4.39 Å². The Morgan fingerprint density at radius 3 is 2.50 bits per heavy atom. The van der Waals surface area contributed by atoms with Crippen molar-refractivity contribution in [3.05, 3.63) is 58.3 Å². The summed E-state index contributed by atoms with van der Waals surface area (Å²) in [5, 5.41) is 0. The Morgan fingerprint density at radius 1 is 1.25 bits per heavy atom. The van der Waals surface area contributed by atoms with Crippen molar-refractivity contribution < 1.29 is 18.7 Å². The molecular weight excluding hydrogens is 377 g/mol. The van der Waals surface area contributed by atoms with Gasteiger partial charge in [-0.15, -0.1) is 0 Å². The van der Waals surface area contributed by atoms with Crippen LogP contribution in [0.25, 0.3) is 0 Å². The van der Waals surface area contributed by atoms with Crippen molar-refractivity contribution in [2.75, 3.05) is 14.2 Å². The molecule has 0 radical (unpaired) electrons. The molecule has 0 heterocycles. The second-order valence-electron chi connectivity index (χ2n) is 5.38. The van der Waals surface area contributed by atoms with Gasteiger partial charge >= 0.3 is 0 Å². The fraction of sp³-hybridized carbons (Fsp3) is 0.278. The predicted octanol–water partition coefficient (Wildman–Crippen LogP) is 4.02. The van der Waals surface area contributed by atoms with E-state index in [2.05, 4.69) is 15.9 Å². The molecule has 0 saturated carbocycles. The molecule has 1 unspecified atom stereocenters. The van der Waals surface area contributed by atoms with E-state index in [0.29, 0.717) is 16.8 Å². The minimum Gasteiger partial charge on any atom is -0.497 e. The van der Waals surface area contributed by atoms with E-state index in [9.17, 15) is 9.18 Å². The Morgan fingerprint density at radius 2 is 1.92 bits per heavy atom. The average molecular weight is 396 g/mol.